The van der Waals surface area contributed by atoms with Gasteiger partial charge in [0.05, 0.1) is 11.1 Å². The number of hydrogen-bond donors (Lipinski definition) is 0. The van der Waals surface area contributed by atoms with Crippen LogP contribution in [0.1, 0.15) is 41.3 Å². The van der Waals surface area contributed by atoms with Crippen LogP contribution in [-0.4, -0.2) is 5.97 Å². The Bertz CT molecular complexity index is 1300. The molecule has 0 aliphatic heterocycles. The smallest absolute Gasteiger partial charge is 0.343 e. The highest BCUT2D eigenvalue weighted by molar-refractivity contribution is 6.09. The van der Waals surface area contributed by atoms with Gasteiger partial charge in [-0.3, -0.25) is 0 Å². The molecule has 0 N–H and O–H groups in total. The summed E-state index contributed by atoms with van der Waals surface area (Å²) in [5.41, 5.74) is 1.62. The minimum Gasteiger partial charge on any atom is -0.423 e. The summed E-state index contributed by atoms with van der Waals surface area (Å²) in [6.07, 6.45) is 3.42. The molecule has 4 heteroatoms. The maximum atomic E-state index is 13.7. The van der Waals surface area contributed by atoms with E-state index in [-0.39, 0.29) is 11.3 Å². The van der Waals surface area contributed by atoms with Crippen molar-refractivity contribution in [2.24, 2.45) is 0 Å². The van der Waals surface area contributed by atoms with Gasteiger partial charge in [-0.15, -0.1) is 0 Å². The van der Waals surface area contributed by atoms with Gasteiger partial charge < -0.3 is 4.74 Å². The van der Waals surface area contributed by atoms with Gasteiger partial charge in [0.1, 0.15) is 17.6 Å². The highest BCUT2D eigenvalue weighted by Crippen LogP contribution is 2.28. The Kier molecular flexibility index (Phi) is 5.45. The van der Waals surface area contributed by atoms with Gasteiger partial charge in [-0.25, -0.2) is 9.18 Å². The number of carbonyl (C=O) groups excluding carboxylic acids is 1. The maximum absolute atomic E-state index is 13.7. The summed E-state index contributed by atoms with van der Waals surface area (Å²) in [5.74, 6) is -1.23. The van der Waals surface area contributed by atoms with Crippen LogP contribution in [0.15, 0.2) is 66.7 Å². The average molecular weight is 397 g/mol. The minimum absolute atomic E-state index is 0.0646. The highest BCUT2D eigenvalue weighted by Gasteiger charge is 2.12. The molecule has 148 valence electrons. The normalized spacial score (nSPS) is 10.8. The summed E-state index contributed by atoms with van der Waals surface area (Å²) in [6, 6.07) is 21.5. The SMILES string of the molecule is CCCCc1ccc2c(ccc3cc(C(=O)Oc4ccc(C#N)c(F)c4)ccc32)c1. The number of nitrogens with zero attached hydrogens (tertiary/aromatic N) is 1. The molecule has 0 fully saturated rings. The lowest BCUT2D eigenvalue weighted by Crippen LogP contribution is -2.08. The molecule has 0 radical (unpaired) electrons. The Morgan fingerprint density at radius 3 is 2.40 bits per heavy atom. The van der Waals surface area contributed by atoms with Gasteiger partial charge in [-0.05, 0) is 64.2 Å². The van der Waals surface area contributed by atoms with Crippen molar-refractivity contribution in [2.45, 2.75) is 26.2 Å². The van der Waals surface area contributed by atoms with E-state index >= 15 is 0 Å². The van der Waals surface area contributed by atoms with E-state index in [9.17, 15) is 9.18 Å². The predicted octanol–water partition coefficient (Wildman–Crippen LogP) is 6.57. The first-order valence-electron chi connectivity index (χ1n) is 9.96. The van der Waals surface area contributed by atoms with Crippen LogP contribution < -0.4 is 4.74 Å². The van der Waals surface area contributed by atoms with Crippen LogP contribution in [0.25, 0.3) is 21.5 Å². The van der Waals surface area contributed by atoms with Gasteiger partial charge in [-0.1, -0.05) is 49.7 Å². The van der Waals surface area contributed by atoms with E-state index in [0.29, 0.717) is 5.56 Å². The highest BCUT2D eigenvalue weighted by atomic mass is 19.1. The van der Waals surface area contributed by atoms with E-state index in [1.165, 1.54) is 35.9 Å². The van der Waals surface area contributed by atoms with Crippen LogP contribution in [0, 0.1) is 17.1 Å². The van der Waals surface area contributed by atoms with Crippen molar-refractivity contribution in [3.05, 3.63) is 89.2 Å². The zero-order valence-electron chi connectivity index (χ0n) is 16.6. The Labute approximate surface area is 174 Å². The molecular weight excluding hydrogens is 377 g/mol. The van der Waals surface area contributed by atoms with E-state index < -0.39 is 11.8 Å². The van der Waals surface area contributed by atoms with Crippen LogP contribution in [0.4, 0.5) is 4.39 Å². The summed E-state index contributed by atoms with van der Waals surface area (Å²) in [4.78, 5) is 12.5. The molecule has 0 aliphatic carbocycles. The van der Waals surface area contributed by atoms with Gasteiger partial charge in [0.15, 0.2) is 0 Å². The zero-order chi connectivity index (χ0) is 21.1. The molecule has 0 spiro atoms. The lowest BCUT2D eigenvalue weighted by molar-refractivity contribution is 0.0734. The summed E-state index contributed by atoms with van der Waals surface area (Å²) in [7, 11) is 0. The summed E-state index contributed by atoms with van der Waals surface area (Å²) < 4.78 is 19.0. The third-order valence-electron chi connectivity index (χ3n) is 5.23. The Hall–Kier alpha value is -3.71. The van der Waals surface area contributed by atoms with Crippen molar-refractivity contribution < 1.29 is 13.9 Å². The molecule has 0 aromatic heterocycles. The molecule has 3 nitrogen and oxygen atoms in total. The molecule has 4 rings (SSSR count). The number of ether oxygens (including phenoxy) is 1. The number of carbonyl (C=O) groups is 1. The second-order valence-electron chi connectivity index (χ2n) is 7.30. The number of aryl methyl sites for hydroxylation is 1. The Morgan fingerprint density at radius 1 is 0.967 bits per heavy atom. The van der Waals surface area contributed by atoms with Crippen molar-refractivity contribution in [3.63, 3.8) is 0 Å². The molecule has 0 unspecified atom stereocenters. The van der Waals surface area contributed by atoms with E-state index in [2.05, 4.69) is 31.2 Å². The van der Waals surface area contributed by atoms with Crippen LogP contribution in [0.5, 0.6) is 5.75 Å². The van der Waals surface area contributed by atoms with Gasteiger partial charge in [0.25, 0.3) is 0 Å². The van der Waals surface area contributed by atoms with Gasteiger partial charge >= 0.3 is 5.97 Å². The van der Waals surface area contributed by atoms with Crippen LogP contribution >= 0.6 is 0 Å². The molecule has 0 saturated heterocycles. The molecule has 0 saturated carbocycles. The van der Waals surface area contributed by atoms with Crippen molar-refractivity contribution in [1.29, 1.82) is 5.26 Å². The number of halogens is 1. The standard InChI is InChI=1S/C26H20FNO2/c1-2-3-4-17-5-11-23-18(13-17)6-7-19-14-20(9-12-24(19)23)26(29)30-22-10-8-21(16-28)25(27)15-22/h5-15H,2-4H2,1H3. The fraction of sp³-hybridized carbons (Fsp3) is 0.154. The number of benzene rings is 4. The fourth-order valence-electron chi connectivity index (χ4n) is 3.60. The summed E-state index contributed by atoms with van der Waals surface area (Å²) >= 11 is 0. The first-order valence-corrected chi connectivity index (χ1v) is 9.96. The number of fused-ring (bicyclic) bond motifs is 3. The minimum atomic E-state index is -0.717. The van der Waals surface area contributed by atoms with Crippen LogP contribution in [-0.2, 0) is 6.42 Å². The van der Waals surface area contributed by atoms with E-state index in [0.717, 1.165) is 28.6 Å². The number of esters is 1. The molecule has 0 aliphatic rings. The molecule has 0 bridgehead atoms. The fourth-order valence-corrected chi connectivity index (χ4v) is 3.60. The van der Waals surface area contributed by atoms with Crippen LogP contribution in [0.2, 0.25) is 0 Å². The zero-order valence-corrected chi connectivity index (χ0v) is 16.6. The Balaban J connectivity index is 1.62. The van der Waals surface area contributed by atoms with Crippen molar-refractivity contribution in [2.75, 3.05) is 0 Å². The number of hydrogen-bond acceptors (Lipinski definition) is 3. The second kappa shape index (κ2) is 8.34. The van der Waals surface area contributed by atoms with Gasteiger partial charge in [0.2, 0.25) is 0 Å². The van der Waals surface area contributed by atoms with E-state index in [4.69, 9.17) is 10.00 Å². The van der Waals surface area contributed by atoms with Crippen molar-refractivity contribution in [1.82, 2.24) is 0 Å². The lowest BCUT2D eigenvalue weighted by atomic mass is 9.97. The molecule has 4 aromatic rings. The average Bonchev–Trinajstić information content (AvgIpc) is 2.77. The molecule has 0 heterocycles. The number of nitriles is 1. The first-order chi connectivity index (χ1) is 14.6. The van der Waals surface area contributed by atoms with Crippen LogP contribution in [0.3, 0.4) is 0 Å². The largest absolute Gasteiger partial charge is 0.423 e. The third-order valence-corrected chi connectivity index (χ3v) is 5.23. The summed E-state index contributed by atoms with van der Waals surface area (Å²) in [6.45, 7) is 2.19. The van der Waals surface area contributed by atoms with E-state index in [1.807, 2.05) is 12.1 Å². The molecular formula is C26H20FNO2. The van der Waals surface area contributed by atoms with Crippen molar-refractivity contribution in [3.8, 4) is 11.8 Å². The molecule has 4 aromatic carbocycles. The van der Waals surface area contributed by atoms with Gasteiger partial charge in [-0.2, -0.15) is 5.26 Å². The van der Waals surface area contributed by atoms with Gasteiger partial charge in [0, 0.05) is 6.07 Å². The second-order valence-corrected chi connectivity index (χ2v) is 7.30. The van der Waals surface area contributed by atoms with Crippen molar-refractivity contribution >= 4 is 27.5 Å². The monoisotopic (exact) mass is 397 g/mol. The first kappa shape index (κ1) is 19.6. The molecule has 30 heavy (non-hydrogen) atoms. The number of unbranched alkanes of at least 4 members (excludes halogenated alkanes) is 1. The Morgan fingerprint density at radius 2 is 1.70 bits per heavy atom. The topological polar surface area (TPSA) is 50.1 Å². The summed E-state index contributed by atoms with van der Waals surface area (Å²) in [5, 5.41) is 13.1. The quantitative estimate of drug-likeness (QED) is 0.217. The lowest BCUT2D eigenvalue weighted by Gasteiger charge is -2.09. The van der Waals surface area contributed by atoms with E-state index in [1.54, 1.807) is 18.2 Å². The predicted molar refractivity (Wildman–Crippen MR) is 116 cm³/mol. The molecule has 0 atom stereocenters. The molecule has 0 amide bonds. The maximum Gasteiger partial charge on any atom is 0.343 e. The third kappa shape index (κ3) is 3.88. The number of rotatable bonds is 5.